The zero-order chi connectivity index (χ0) is 29.4. The number of ether oxygens (including phenoxy) is 1. The van der Waals surface area contributed by atoms with Crippen molar-refractivity contribution >= 4 is 23.4 Å². The van der Waals surface area contributed by atoms with Gasteiger partial charge in [-0.25, -0.2) is 9.18 Å². The van der Waals surface area contributed by atoms with Gasteiger partial charge in [-0.05, 0) is 58.7 Å². The monoisotopic (exact) mass is 592 g/mol. The van der Waals surface area contributed by atoms with E-state index < -0.39 is 23.8 Å². The molecule has 1 fully saturated rings. The number of nitrogens with zero attached hydrogens (tertiary/aromatic N) is 7. The largest absolute Gasteiger partial charge is 0.618 e. The first-order valence-electron chi connectivity index (χ1n) is 13.0. The number of hydrogen-bond acceptors (Lipinski definition) is 7. The third-order valence-electron chi connectivity index (χ3n) is 7.12. The Bertz CT molecular complexity index is 1730. The summed E-state index contributed by atoms with van der Waals surface area (Å²) < 4.78 is 39.0. The number of tetrazole rings is 1. The average molecular weight is 593 g/mol. The van der Waals surface area contributed by atoms with Crippen LogP contribution < -0.4 is 10.0 Å². The van der Waals surface area contributed by atoms with Crippen LogP contribution in [0.3, 0.4) is 0 Å². The summed E-state index contributed by atoms with van der Waals surface area (Å²) in [6.07, 6.45) is 7.62. The number of carbonyl (C=O) groups is 1. The van der Waals surface area contributed by atoms with Crippen molar-refractivity contribution in [1.82, 2.24) is 30.0 Å². The number of amides is 1. The molecule has 0 bridgehead atoms. The van der Waals surface area contributed by atoms with E-state index in [1.807, 2.05) is 0 Å². The molecule has 14 heteroatoms. The van der Waals surface area contributed by atoms with Crippen molar-refractivity contribution in [2.75, 3.05) is 12.4 Å². The van der Waals surface area contributed by atoms with Crippen LogP contribution in [0.25, 0.3) is 27.9 Å². The van der Waals surface area contributed by atoms with Gasteiger partial charge in [-0.1, -0.05) is 36.6 Å². The highest BCUT2D eigenvalue weighted by Gasteiger charge is 2.35. The number of aromatic nitrogens is 7. The number of pyridine rings is 1. The Labute approximate surface area is 242 Å². The van der Waals surface area contributed by atoms with Gasteiger partial charge in [0, 0.05) is 17.4 Å². The van der Waals surface area contributed by atoms with Crippen LogP contribution in [0.15, 0.2) is 67.4 Å². The minimum absolute atomic E-state index is 0.0243. The Balaban J connectivity index is 1.36. The molecule has 0 spiro atoms. The molecule has 0 aliphatic heterocycles. The first-order chi connectivity index (χ1) is 20.3. The summed E-state index contributed by atoms with van der Waals surface area (Å²) in [6, 6.07) is 10.3. The Morgan fingerprint density at radius 3 is 2.64 bits per heavy atom. The van der Waals surface area contributed by atoms with Crippen LogP contribution in [0, 0.1) is 22.8 Å². The lowest BCUT2D eigenvalue weighted by molar-refractivity contribution is -0.617. The second-order valence-electron chi connectivity index (χ2n) is 9.90. The smallest absolute Gasteiger partial charge is 0.411 e. The van der Waals surface area contributed by atoms with E-state index in [-0.39, 0.29) is 27.5 Å². The number of hydrogen-bond donors (Lipinski definition) is 1. The molecule has 1 N–H and O–H groups in total. The predicted octanol–water partition coefficient (Wildman–Crippen LogP) is 5.33. The van der Waals surface area contributed by atoms with Gasteiger partial charge >= 0.3 is 6.09 Å². The van der Waals surface area contributed by atoms with E-state index in [4.69, 9.17) is 11.6 Å². The highest BCUT2D eigenvalue weighted by Crippen LogP contribution is 2.40. The van der Waals surface area contributed by atoms with E-state index >= 15 is 8.78 Å². The van der Waals surface area contributed by atoms with E-state index in [1.165, 1.54) is 30.3 Å². The highest BCUT2D eigenvalue weighted by atomic mass is 35.5. The maximum atomic E-state index is 15.9. The number of benzene rings is 2. The Kier molecular flexibility index (Phi) is 7.25. The van der Waals surface area contributed by atoms with Gasteiger partial charge in [0.1, 0.15) is 12.4 Å². The summed E-state index contributed by atoms with van der Waals surface area (Å²) in [5.74, 6) is -1.33. The zero-order valence-corrected chi connectivity index (χ0v) is 22.9. The molecule has 0 saturated heterocycles. The van der Waals surface area contributed by atoms with E-state index in [1.54, 1.807) is 41.3 Å². The van der Waals surface area contributed by atoms with Gasteiger partial charge in [0.15, 0.2) is 17.8 Å². The second-order valence-corrected chi connectivity index (χ2v) is 10.3. The number of rotatable bonds is 8. The van der Waals surface area contributed by atoms with E-state index in [2.05, 4.69) is 30.7 Å². The second kappa shape index (κ2) is 11.2. The van der Waals surface area contributed by atoms with Gasteiger partial charge in [-0.15, -0.1) is 5.10 Å². The molecule has 3 aromatic heterocycles. The first-order valence-corrected chi connectivity index (χ1v) is 13.3. The summed E-state index contributed by atoms with van der Waals surface area (Å²) >= 11 is 6.04. The molecule has 1 atom stereocenters. The Morgan fingerprint density at radius 1 is 1.19 bits per heavy atom. The maximum absolute atomic E-state index is 15.9. The van der Waals surface area contributed by atoms with Crippen molar-refractivity contribution in [2.24, 2.45) is 5.92 Å². The van der Waals surface area contributed by atoms with E-state index in [0.29, 0.717) is 22.8 Å². The summed E-state index contributed by atoms with van der Waals surface area (Å²) in [4.78, 5) is 11.5. The number of nitrogens with one attached hydrogen (secondary N) is 1. The molecule has 6 rings (SSSR count). The quantitative estimate of drug-likeness (QED) is 0.191. The molecule has 1 aliphatic rings. The molecule has 11 nitrogen and oxygen atoms in total. The van der Waals surface area contributed by atoms with Crippen LogP contribution in [0.4, 0.5) is 19.3 Å². The number of carbonyl (C=O) groups excluding carboxylic acids is 1. The lowest BCUT2D eigenvalue weighted by Gasteiger charge is -2.19. The van der Waals surface area contributed by atoms with E-state index in [0.717, 1.165) is 36.2 Å². The molecule has 1 saturated carbocycles. The topological polar surface area (TPSA) is 127 Å². The molecule has 1 unspecified atom stereocenters. The summed E-state index contributed by atoms with van der Waals surface area (Å²) in [5.41, 5.74) is 2.01. The molecule has 5 aromatic rings. The lowest BCUT2D eigenvalue weighted by Crippen LogP contribution is -2.37. The molecule has 1 amide bonds. The molecule has 2 aromatic carbocycles. The fourth-order valence-corrected chi connectivity index (χ4v) is 5.01. The Hall–Kier alpha value is -4.91. The van der Waals surface area contributed by atoms with Crippen molar-refractivity contribution < 1.29 is 23.0 Å². The van der Waals surface area contributed by atoms with Crippen LogP contribution in [0.1, 0.15) is 31.0 Å². The van der Waals surface area contributed by atoms with Crippen molar-refractivity contribution in [3.05, 3.63) is 94.9 Å². The first kappa shape index (κ1) is 27.3. The van der Waals surface area contributed by atoms with Gasteiger partial charge < -0.3 is 9.94 Å². The minimum Gasteiger partial charge on any atom is -0.618 e. The standard InChI is InChI=1S/C28H23ClF2N8O3/c1-42-28(40)34-20-6-4-17(5-7-20)19-12-33-37(13-19)24(10-16-2-3-16)27-22(30)11-18(14-39(27)41)25-23(38-15-32-35-36-38)9-8-21(29)26(25)31/h4-9,11-16,24H,2-3,10H2,1H3,(H,34,40). The van der Waals surface area contributed by atoms with Gasteiger partial charge in [-0.2, -0.15) is 18.9 Å². The van der Waals surface area contributed by atoms with Gasteiger partial charge in [0.2, 0.25) is 0 Å². The number of halogens is 3. The third-order valence-corrected chi connectivity index (χ3v) is 7.41. The normalized spacial score (nSPS) is 13.6. The SMILES string of the molecule is COC(=O)Nc1ccc(-c2cnn(C(CC3CC3)c3c(F)cc(-c4c(-n5cnnn5)ccc(Cl)c4F)c[n+]3[O-])c2)cc1. The molecule has 214 valence electrons. The fraction of sp³-hybridized carbons (Fsp3) is 0.214. The maximum Gasteiger partial charge on any atom is 0.411 e. The van der Waals surface area contributed by atoms with Crippen LogP contribution >= 0.6 is 11.6 Å². The van der Waals surface area contributed by atoms with Crippen LogP contribution in [0.5, 0.6) is 0 Å². The summed E-state index contributed by atoms with van der Waals surface area (Å²) in [5, 5.41) is 31.3. The van der Waals surface area contributed by atoms with Crippen molar-refractivity contribution in [2.45, 2.75) is 25.3 Å². The molecular formula is C28H23ClF2N8O3. The van der Waals surface area contributed by atoms with Crippen molar-refractivity contribution in [1.29, 1.82) is 0 Å². The van der Waals surface area contributed by atoms with Gasteiger partial charge in [0.05, 0.1) is 35.1 Å². The predicted molar refractivity (Wildman–Crippen MR) is 148 cm³/mol. The van der Waals surface area contributed by atoms with Crippen LogP contribution in [0.2, 0.25) is 5.02 Å². The minimum atomic E-state index is -0.837. The summed E-state index contributed by atoms with van der Waals surface area (Å²) in [6.45, 7) is 0. The van der Waals surface area contributed by atoms with Crippen LogP contribution in [-0.4, -0.2) is 43.2 Å². The van der Waals surface area contributed by atoms with Gasteiger partial charge in [0.25, 0.3) is 5.69 Å². The summed E-state index contributed by atoms with van der Waals surface area (Å²) in [7, 11) is 1.28. The number of anilines is 1. The molecule has 1 aliphatic carbocycles. The Morgan fingerprint density at radius 2 is 1.98 bits per heavy atom. The van der Waals surface area contributed by atoms with Crippen molar-refractivity contribution in [3.8, 4) is 27.9 Å². The number of methoxy groups -OCH3 is 1. The molecular weight excluding hydrogens is 570 g/mol. The average Bonchev–Trinajstić information content (AvgIpc) is 3.41. The fourth-order valence-electron chi connectivity index (χ4n) is 4.86. The van der Waals surface area contributed by atoms with E-state index in [9.17, 15) is 10.0 Å². The van der Waals surface area contributed by atoms with Crippen LogP contribution in [-0.2, 0) is 4.74 Å². The highest BCUT2D eigenvalue weighted by molar-refractivity contribution is 6.31. The molecule has 42 heavy (non-hydrogen) atoms. The molecule has 3 heterocycles. The zero-order valence-electron chi connectivity index (χ0n) is 22.1. The third kappa shape index (κ3) is 5.38. The lowest BCUT2D eigenvalue weighted by atomic mass is 10.0. The van der Waals surface area contributed by atoms with Crippen molar-refractivity contribution in [3.63, 3.8) is 0 Å². The van der Waals surface area contributed by atoms with Gasteiger partial charge in [-0.3, -0.25) is 10.00 Å². The molecule has 0 radical (unpaired) electrons.